The van der Waals surface area contributed by atoms with E-state index in [1.165, 1.54) is 6.07 Å². The highest BCUT2D eigenvalue weighted by atomic mass is 16.6. The summed E-state index contributed by atoms with van der Waals surface area (Å²) >= 11 is 0. The number of ether oxygens (including phenoxy) is 2. The maximum absolute atomic E-state index is 11.6. The molecule has 0 aromatic heterocycles. The Morgan fingerprint density at radius 2 is 2.13 bits per heavy atom. The van der Waals surface area contributed by atoms with Crippen molar-refractivity contribution in [2.45, 2.75) is 32.8 Å². The Morgan fingerprint density at radius 1 is 1.39 bits per heavy atom. The number of carbonyl (C=O) groups is 2. The Bertz CT molecular complexity index is 579. The van der Waals surface area contributed by atoms with E-state index in [1.807, 2.05) is 20.8 Å². The van der Waals surface area contributed by atoms with Crippen molar-refractivity contribution in [2.24, 2.45) is 11.8 Å². The zero-order chi connectivity index (χ0) is 17.0. The number of nitrogens with one attached hydrogen (secondary N) is 1. The van der Waals surface area contributed by atoms with Gasteiger partial charge >= 0.3 is 6.09 Å². The van der Waals surface area contributed by atoms with Gasteiger partial charge in [-0.3, -0.25) is 4.79 Å². The number of hydrogen-bond donors (Lipinski definition) is 2. The number of alkyl carbamates (subject to hydrolysis) is 1. The van der Waals surface area contributed by atoms with Gasteiger partial charge in [0.25, 0.3) is 0 Å². The third kappa shape index (κ3) is 5.47. The van der Waals surface area contributed by atoms with Crippen LogP contribution < -0.4 is 10.1 Å². The Morgan fingerprint density at radius 3 is 2.74 bits per heavy atom. The summed E-state index contributed by atoms with van der Waals surface area (Å²) in [6, 6.07) is 4.54. The minimum Gasteiger partial charge on any atom is -0.504 e. The smallest absolute Gasteiger partial charge is 0.407 e. The summed E-state index contributed by atoms with van der Waals surface area (Å²) in [6.45, 7) is 6.49. The standard InChI is InChI=1S/C17H23NO5/c1-17(2,3)23-16(21)18-8-12-7-13(12)10-22-15-5-4-11(9-19)6-14(15)20/h4-6,9,12-13,20H,7-8,10H2,1-3H3,(H,18,21). The number of aldehydes is 1. The number of rotatable bonds is 6. The SMILES string of the molecule is CC(C)(C)OC(=O)NCC1CC1COc1ccc(C=O)cc1O. The molecule has 1 aromatic rings. The molecule has 1 fully saturated rings. The van der Waals surface area contributed by atoms with Crippen LogP contribution in [0.3, 0.4) is 0 Å². The molecule has 2 unspecified atom stereocenters. The van der Waals surface area contributed by atoms with Crippen molar-refractivity contribution in [3.63, 3.8) is 0 Å². The van der Waals surface area contributed by atoms with E-state index >= 15 is 0 Å². The molecule has 0 heterocycles. The molecule has 2 atom stereocenters. The van der Waals surface area contributed by atoms with Crippen molar-refractivity contribution in [1.82, 2.24) is 5.32 Å². The lowest BCUT2D eigenvalue weighted by atomic mass is 10.2. The fraction of sp³-hybridized carbons (Fsp3) is 0.529. The number of aromatic hydroxyl groups is 1. The average molecular weight is 321 g/mol. The second kappa shape index (κ2) is 6.89. The number of phenols is 1. The van der Waals surface area contributed by atoms with Gasteiger partial charge in [0, 0.05) is 12.1 Å². The fourth-order valence-corrected chi connectivity index (χ4v) is 2.22. The first kappa shape index (κ1) is 17.1. The third-order valence-corrected chi connectivity index (χ3v) is 3.55. The van der Waals surface area contributed by atoms with Crippen LogP contribution in [0, 0.1) is 11.8 Å². The Labute approximate surface area is 135 Å². The van der Waals surface area contributed by atoms with Crippen LogP contribution in [0.2, 0.25) is 0 Å². The summed E-state index contributed by atoms with van der Waals surface area (Å²) < 4.78 is 10.7. The normalized spacial score (nSPS) is 19.8. The second-order valence-corrected chi connectivity index (χ2v) is 6.79. The molecule has 0 saturated heterocycles. The molecular weight excluding hydrogens is 298 g/mol. The largest absolute Gasteiger partial charge is 0.504 e. The van der Waals surface area contributed by atoms with E-state index in [1.54, 1.807) is 12.1 Å². The van der Waals surface area contributed by atoms with Crippen LogP contribution in [-0.2, 0) is 4.74 Å². The fourth-order valence-electron chi connectivity index (χ4n) is 2.22. The van der Waals surface area contributed by atoms with Crippen molar-refractivity contribution in [1.29, 1.82) is 0 Å². The predicted octanol–water partition coefficient (Wildman–Crippen LogP) is 2.74. The number of phenolic OH excluding ortho intramolecular Hbond substituents is 1. The van der Waals surface area contributed by atoms with E-state index in [4.69, 9.17) is 9.47 Å². The van der Waals surface area contributed by atoms with Crippen molar-refractivity contribution < 1.29 is 24.2 Å². The highest BCUT2D eigenvalue weighted by Crippen LogP contribution is 2.39. The number of hydrogen-bond acceptors (Lipinski definition) is 5. The van der Waals surface area contributed by atoms with E-state index < -0.39 is 11.7 Å². The van der Waals surface area contributed by atoms with Crippen LogP contribution in [0.15, 0.2) is 18.2 Å². The van der Waals surface area contributed by atoms with Crippen molar-refractivity contribution in [2.75, 3.05) is 13.2 Å². The van der Waals surface area contributed by atoms with Crippen LogP contribution in [0.5, 0.6) is 11.5 Å². The summed E-state index contributed by atoms with van der Waals surface area (Å²) in [7, 11) is 0. The number of carbonyl (C=O) groups excluding carboxylic acids is 2. The van der Waals surface area contributed by atoms with Gasteiger partial charge in [0.05, 0.1) is 6.61 Å². The molecule has 6 heteroatoms. The van der Waals surface area contributed by atoms with Gasteiger partial charge in [-0.25, -0.2) is 4.79 Å². The lowest BCUT2D eigenvalue weighted by Gasteiger charge is -2.19. The van der Waals surface area contributed by atoms with Crippen LogP contribution in [0.1, 0.15) is 37.6 Å². The molecule has 1 aromatic carbocycles. The first-order chi connectivity index (χ1) is 10.8. The van der Waals surface area contributed by atoms with Crippen LogP contribution in [0.4, 0.5) is 4.79 Å². The van der Waals surface area contributed by atoms with E-state index in [9.17, 15) is 14.7 Å². The zero-order valence-electron chi connectivity index (χ0n) is 13.7. The molecule has 1 aliphatic carbocycles. The predicted molar refractivity (Wildman–Crippen MR) is 84.8 cm³/mol. The quantitative estimate of drug-likeness (QED) is 0.787. The molecule has 0 bridgehead atoms. The van der Waals surface area contributed by atoms with Gasteiger partial charge in [0.15, 0.2) is 11.5 Å². The molecule has 0 radical (unpaired) electrons. The van der Waals surface area contributed by atoms with E-state index in [2.05, 4.69) is 5.32 Å². The Balaban J connectivity index is 1.69. The molecule has 1 aliphatic rings. The molecule has 2 N–H and O–H groups in total. The molecule has 0 spiro atoms. The molecule has 1 amide bonds. The molecule has 1 saturated carbocycles. The third-order valence-electron chi connectivity index (χ3n) is 3.55. The van der Waals surface area contributed by atoms with E-state index in [-0.39, 0.29) is 5.75 Å². The maximum atomic E-state index is 11.6. The van der Waals surface area contributed by atoms with Crippen LogP contribution >= 0.6 is 0 Å². The first-order valence-electron chi connectivity index (χ1n) is 7.66. The first-order valence-corrected chi connectivity index (χ1v) is 7.66. The summed E-state index contributed by atoms with van der Waals surface area (Å²) in [6.07, 6.45) is 1.22. The summed E-state index contributed by atoms with van der Waals surface area (Å²) in [5, 5.41) is 12.5. The molecule has 6 nitrogen and oxygen atoms in total. The van der Waals surface area contributed by atoms with Gasteiger partial charge in [-0.05, 0) is 57.2 Å². The van der Waals surface area contributed by atoms with Gasteiger partial charge in [-0.2, -0.15) is 0 Å². The number of benzene rings is 1. The summed E-state index contributed by atoms with van der Waals surface area (Å²) in [5.41, 5.74) is -0.0952. The number of amides is 1. The van der Waals surface area contributed by atoms with Gasteiger partial charge in [-0.1, -0.05) is 0 Å². The van der Waals surface area contributed by atoms with Crippen molar-refractivity contribution in [3.05, 3.63) is 23.8 Å². The minimum absolute atomic E-state index is 0.0429. The molecule has 23 heavy (non-hydrogen) atoms. The summed E-state index contributed by atoms with van der Waals surface area (Å²) in [5.74, 6) is 1.02. The van der Waals surface area contributed by atoms with Crippen molar-refractivity contribution >= 4 is 12.4 Å². The summed E-state index contributed by atoms with van der Waals surface area (Å²) in [4.78, 5) is 22.2. The van der Waals surface area contributed by atoms with Gasteiger partial charge in [0.1, 0.15) is 11.9 Å². The van der Waals surface area contributed by atoms with Crippen LogP contribution in [-0.4, -0.2) is 36.2 Å². The minimum atomic E-state index is -0.499. The molecular formula is C17H23NO5. The van der Waals surface area contributed by atoms with E-state index in [0.29, 0.717) is 42.6 Å². The highest BCUT2D eigenvalue weighted by molar-refractivity contribution is 5.76. The van der Waals surface area contributed by atoms with Gasteiger partial charge < -0.3 is 19.9 Å². The molecule has 0 aliphatic heterocycles. The highest BCUT2D eigenvalue weighted by Gasteiger charge is 2.38. The maximum Gasteiger partial charge on any atom is 0.407 e. The topological polar surface area (TPSA) is 84.9 Å². The Kier molecular flexibility index (Phi) is 5.13. The second-order valence-electron chi connectivity index (χ2n) is 6.79. The van der Waals surface area contributed by atoms with Gasteiger partial charge in [0.2, 0.25) is 0 Å². The van der Waals surface area contributed by atoms with Gasteiger partial charge in [-0.15, -0.1) is 0 Å². The monoisotopic (exact) mass is 321 g/mol. The lowest BCUT2D eigenvalue weighted by Crippen LogP contribution is -2.33. The van der Waals surface area contributed by atoms with E-state index in [0.717, 1.165) is 6.42 Å². The van der Waals surface area contributed by atoms with Crippen molar-refractivity contribution in [3.8, 4) is 11.5 Å². The zero-order valence-corrected chi connectivity index (χ0v) is 13.7. The Hall–Kier alpha value is -2.24. The molecule has 2 rings (SSSR count). The average Bonchev–Trinajstić information content (AvgIpc) is 3.20. The molecule has 126 valence electrons. The lowest BCUT2D eigenvalue weighted by molar-refractivity contribution is 0.0524. The van der Waals surface area contributed by atoms with Crippen LogP contribution in [0.25, 0.3) is 0 Å².